The van der Waals surface area contributed by atoms with Crippen LogP contribution in [0.5, 0.6) is 0 Å². The van der Waals surface area contributed by atoms with Crippen molar-refractivity contribution in [3.05, 3.63) is 0 Å². The minimum absolute atomic E-state index is 0.129. The second kappa shape index (κ2) is 8.35. The average Bonchev–Trinajstić information content (AvgIpc) is 2.38. The molecule has 0 aromatic rings. The highest BCUT2D eigenvalue weighted by molar-refractivity contribution is 4.84. The number of aliphatic hydroxyl groups is 1. The van der Waals surface area contributed by atoms with Crippen molar-refractivity contribution in [1.82, 2.24) is 10.2 Å². The van der Waals surface area contributed by atoms with Crippen LogP contribution < -0.4 is 5.32 Å². The van der Waals surface area contributed by atoms with Gasteiger partial charge in [-0.05, 0) is 65.0 Å². The number of nitrogens with one attached hydrogen (secondary N) is 1. The third-order valence-corrected chi connectivity index (χ3v) is 4.83. The van der Waals surface area contributed by atoms with E-state index in [1.165, 1.54) is 25.7 Å². The summed E-state index contributed by atoms with van der Waals surface area (Å²) in [7, 11) is 2.27. The minimum Gasteiger partial charge on any atom is -0.394 e. The summed E-state index contributed by atoms with van der Waals surface area (Å²) >= 11 is 0. The van der Waals surface area contributed by atoms with Gasteiger partial charge < -0.3 is 15.3 Å². The average molecular weight is 284 g/mol. The van der Waals surface area contributed by atoms with Gasteiger partial charge in [0.2, 0.25) is 0 Å². The fraction of sp³-hybridized carbons (Fsp3) is 1.00. The van der Waals surface area contributed by atoms with E-state index < -0.39 is 0 Å². The van der Waals surface area contributed by atoms with E-state index in [0.717, 1.165) is 31.3 Å². The Kier molecular flexibility index (Phi) is 7.49. The van der Waals surface area contributed by atoms with Crippen molar-refractivity contribution in [2.75, 3.05) is 20.2 Å². The molecular formula is C17H36N2O. The molecule has 0 aromatic carbocycles. The van der Waals surface area contributed by atoms with Gasteiger partial charge in [-0.1, -0.05) is 20.8 Å². The normalized spacial score (nSPS) is 27.0. The third kappa shape index (κ3) is 6.11. The zero-order valence-corrected chi connectivity index (χ0v) is 14.3. The van der Waals surface area contributed by atoms with Gasteiger partial charge in [0.1, 0.15) is 0 Å². The van der Waals surface area contributed by atoms with E-state index in [-0.39, 0.29) is 12.1 Å². The number of hydrogen-bond acceptors (Lipinski definition) is 3. The maximum atomic E-state index is 9.60. The molecule has 2 N–H and O–H groups in total. The van der Waals surface area contributed by atoms with E-state index in [1.54, 1.807) is 0 Å². The Balaban J connectivity index is 2.28. The summed E-state index contributed by atoms with van der Waals surface area (Å²) in [5.74, 6) is 0.924. The first-order valence-electron chi connectivity index (χ1n) is 8.45. The standard InChI is InChI=1S/C17H36N2O/c1-14(2)18-17(4,13-20)11-6-12-19(5)16-9-7-15(3)8-10-16/h14-16,18,20H,6-13H2,1-5H3. The monoisotopic (exact) mass is 284 g/mol. The Morgan fingerprint density at radius 2 is 1.85 bits per heavy atom. The van der Waals surface area contributed by atoms with E-state index in [2.05, 4.69) is 45.0 Å². The molecular weight excluding hydrogens is 248 g/mol. The summed E-state index contributed by atoms with van der Waals surface area (Å²) in [4.78, 5) is 2.54. The molecule has 1 saturated carbocycles. The number of rotatable bonds is 8. The van der Waals surface area contributed by atoms with Gasteiger partial charge in [-0.15, -0.1) is 0 Å². The first-order valence-corrected chi connectivity index (χ1v) is 8.45. The number of aliphatic hydroxyl groups excluding tert-OH is 1. The van der Waals surface area contributed by atoms with Crippen molar-refractivity contribution in [3.8, 4) is 0 Å². The van der Waals surface area contributed by atoms with Crippen molar-refractivity contribution in [2.45, 2.75) is 83.8 Å². The zero-order valence-electron chi connectivity index (χ0n) is 14.3. The first kappa shape index (κ1) is 17.9. The van der Waals surface area contributed by atoms with Crippen LogP contribution in [0.3, 0.4) is 0 Å². The molecule has 20 heavy (non-hydrogen) atoms. The van der Waals surface area contributed by atoms with Crippen LogP contribution in [0, 0.1) is 5.92 Å². The van der Waals surface area contributed by atoms with E-state index in [0.29, 0.717) is 6.04 Å². The summed E-state index contributed by atoms with van der Waals surface area (Å²) in [5.41, 5.74) is -0.129. The summed E-state index contributed by atoms with van der Waals surface area (Å²) in [6.45, 7) is 10.2. The van der Waals surface area contributed by atoms with Gasteiger partial charge in [0, 0.05) is 17.6 Å². The molecule has 3 heteroatoms. The molecule has 1 atom stereocenters. The van der Waals surface area contributed by atoms with Crippen molar-refractivity contribution in [3.63, 3.8) is 0 Å². The van der Waals surface area contributed by atoms with Gasteiger partial charge in [0.25, 0.3) is 0 Å². The molecule has 0 aliphatic heterocycles. The number of hydrogen-bond donors (Lipinski definition) is 2. The van der Waals surface area contributed by atoms with Crippen LogP contribution in [-0.4, -0.2) is 47.8 Å². The van der Waals surface area contributed by atoms with Gasteiger partial charge in [-0.3, -0.25) is 0 Å². The fourth-order valence-electron chi connectivity index (χ4n) is 3.48. The molecule has 0 spiro atoms. The molecule has 1 rings (SSSR count). The van der Waals surface area contributed by atoms with Gasteiger partial charge >= 0.3 is 0 Å². The maximum Gasteiger partial charge on any atom is 0.0610 e. The van der Waals surface area contributed by atoms with Gasteiger partial charge in [0.15, 0.2) is 0 Å². The van der Waals surface area contributed by atoms with Crippen LogP contribution >= 0.6 is 0 Å². The lowest BCUT2D eigenvalue weighted by Crippen LogP contribution is -2.49. The van der Waals surface area contributed by atoms with E-state index in [9.17, 15) is 5.11 Å². The molecule has 1 fully saturated rings. The molecule has 1 aliphatic rings. The third-order valence-electron chi connectivity index (χ3n) is 4.83. The minimum atomic E-state index is -0.129. The molecule has 0 radical (unpaired) electrons. The Morgan fingerprint density at radius 1 is 1.25 bits per heavy atom. The Labute approximate surface area is 126 Å². The summed E-state index contributed by atoms with van der Waals surface area (Å²) < 4.78 is 0. The summed E-state index contributed by atoms with van der Waals surface area (Å²) in [5, 5.41) is 13.1. The van der Waals surface area contributed by atoms with Crippen LogP contribution in [0.1, 0.15) is 66.2 Å². The van der Waals surface area contributed by atoms with Gasteiger partial charge in [-0.2, -0.15) is 0 Å². The maximum absolute atomic E-state index is 9.60. The van der Waals surface area contributed by atoms with Crippen molar-refractivity contribution < 1.29 is 5.11 Å². The van der Waals surface area contributed by atoms with Gasteiger partial charge in [0.05, 0.1) is 6.61 Å². The van der Waals surface area contributed by atoms with Crippen LogP contribution in [0.25, 0.3) is 0 Å². The largest absolute Gasteiger partial charge is 0.394 e. The van der Waals surface area contributed by atoms with E-state index >= 15 is 0 Å². The smallest absolute Gasteiger partial charge is 0.0610 e. The predicted molar refractivity (Wildman–Crippen MR) is 87.0 cm³/mol. The first-order chi connectivity index (χ1) is 9.36. The fourth-order valence-corrected chi connectivity index (χ4v) is 3.48. The molecule has 0 bridgehead atoms. The van der Waals surface area contributed by atoms with Crippen molar-refractivity contribution in [1.29, 1.82) is 0 Å². The molecule has 3 nitrogen and oxygen atoms in total. The van der Waals surface area contributed by atoms with E-state index in [1.807, 2.05) is 0 Å². The van der Waals surface area contributed by atoms with Crippen LogP contribution in [0.2, 0.25) is 0 Å². The lowest BCUT2D eigenvalue weighted by Gasteiger charge is -2.35. The second-order valence-corrected chi connectivity index (χ2v) is 7.52. The highest BCUT2D eigenvalue weighted by Crippen LogP contribution is 2.26. The predicted octanol–water partition coefficient (Wildman–Crippen LogP) is 3.03. The second-order valence-electron chi connectivity index (χ2n) is 7.52. The van der Waals surface area contributed by atoms with Gasteiger partial charge in [-0.25, -0.2) is 0 Å². The van der Waals surface area contributed by atoms with Crippen LogP contribution in [-0.2, 0) is 0 Å². The molecule has 1 aliphatic carbocycles. The lowest BCUT2D eigenvalue weighted by molar-refractivity contribution is 0.135. The Morgan fingerprint density at radius 3 is 2.35 bits per heavy atom. The molecule has 0 heterocycles. The van der Waals surface area contributed by atoms with Crippen LogP contribution in [0.4, 0.5) is 0 Å². The zero-order chi connectivity index (χ0) is 15.2. The topological polar surface area (TPSA) is 35.5 Å². The van der Waals surface area contributed by atoms with Crippen molar-refractivity contribution >= 4 is 0 Å². The molecule has 0 amide bonds. The Bertz CT molecular complexity index is 262. The SMILES string of the molecule is CC1CCC(N(C)CCCC(C)(CO)NC(C)C)CC1. The van der Waals surface area contributed by atoms with Crippen LogP contribution in [0.15, 0.2) is 0 Å². The highest BCUT2D eigenvalue weighted by Gasteiger charge is 2.25. The molecule has 1 unspecified atom stereocenters. The van der Waals surface area contributed by atoms with Crippen molar-refractivity contribution in [2.24, 2.45) is 5.92 Å². The lowest BCUT2D eigenvalue weighted by atomic mass is 9.86. The summed E-state index contributed by atoms with van der Waals surface area (Å²) in [6.07, 6.45) is 7.68. The molecule has 120 valence electrons. The highest BCUT2D eigenvalue weighted by atomic mass is 16.3. The Hall–Kier alpha value is -0.120. The molecule has 0 saturated heterocycles. The number of nitrogens with zero attached hydrogens (tertiary/aromatic N) is 1. The molecule has 0 aromatic heterocycles. The summed E-state index contributed by atoms with van der Waals surface area (Å²) in [6, 6.07) is 1.20. The van der Waals surface area contributed by atoms with E-state index in [4.69, 9.17) is 0 Å². The quantitative estimate of drug-likeness (QED) is 0.719.